The standard InChI is InChI=1S/C11H12O2/c1-7-5-9(12)6-11-10(7)4-3-8(2)13-11/h3-6,8,12H,1-2H3. The van der Waals surface area contributed by atoms with Gasteiger partial charge in [-0.05, 0) is 31.6 Å². The molecule has 68 valence electrons. The molecular weight excluding hydrogens is 164 g/mol. The molecule has 2 nitrogen and oxygen atoms in total. The lowest BCUT2D eigenvalue weighted by Gasteiger charge is -2.19. The quantitative estimate of drug-likeness (QED) is 0.658. The largest absolute Gasteiger partial charge is 0.508 e. The van der Waals surface area contributed by atoms with Crippen molar-refractivity contribution in [3.8, 4) is 11.5 Å². The van der Waals surface area contributed by atoms with Crippen LogP contribution in [-0.4, -0.2) is 11.2 Å². The summed E-state index contributed by atoms with van der Waals surface area (Å²) >= 11 is 0. The number of hydrogen-bond acceptors (Lipinski definition) is 2. The molecule has 0 spiro atoms. The number of benzene rings is 1. The molecule has 1 unspecified atom stereocenters. The fourth-order valence-corrected chi connectivity index (χ4v) is 1.53. The molecule has 0 saturated carbocycles. The van der Waals surface area contributed by atoms with E-state index in [-0.39, 0.29) is 11.9 Å². The van der Waals surface area contributed by atoms with Crippen molar-refractivity contribution in [2.75, 3.05) is 0 Å². The Bertz CT molecular complexity index is 367. The highest BCUT2D eigenvalue weighted by atomic mass is 16.5. The molecule has 1 aromatic rings. The van der Waals surface area contributed by atoms with Crippen LogP contribution >= 0.6 is 0 Å². The van der Waals surface area contributed by atoms with Crippen molar-refractivity contribution in [3.05, 3.63) is 29.3 Å². The van der Waals surface area contributed by atoms with Crippen molar-refractivity contribution in [2.24, 2.45) is 0 Å². The van der Waals surface area contributed by atoms with Gasteiger partial charge in [0.2, 0.25) is 0 Å². The van der Waals surface area contributed by atoms with Crippen LogP contribution in [0.25, 0.3) is 6.08 Å². The van der Waals surface area contributed by atoms with Crippen LogP contribution in [0.4, 0.5) is 0 Å². The van der Waals surface area contributed by atoms with E-state index in [2.05, 4.69) is 0 Å². The Morgan fingerprint density at radius 2 is 2.15 bits per heavy atom. The molecule has 0 radical (unpaired) electrons. The molecule has 13 heavy (non-hydrogen) atoms. The zero-order valence-corrected chi connectivity index (χ0v) is 7.74. The topological polar surface area (TPSA) is 29.5 Å². The second kappa shape index (κ2) is 2.80. The smallest absolute Gasteiger partial charge is 0.131 e. The minimum atomic E-state index is 0.0914. The molecule has 1 atom stereocenters. The van der Waals surface area contributed by atoms with E-state index in [1.165, 1.54) is 0 Å². The normalized spacial score (nSPS) is 19.4. The maximum atomic E-state index is 9.35. The highest BCUT2D eigenvalue weighted by Crippen LogP contribution is 2.32. The summed E-state index contributed by atoms with van der Waals surface area (Å²) in [6, 6.07) is 3.39. The first-order chi connectivity index (χ1) is 6.16. The molecule has 1 aliphatic heterocycles. The van der Waals surface area contributed by atoms with Crippen LogP contribution in [-0.2, 0) is 0 Å². The number of phenolic OH excluding ortho intramolecular Hbond substituents is 1. The first-order valence-electron chi connectivity index (χ1n) is 4.35. The van der Waals surface area contributed by atoms with E-state index in [9.17, 15) is 5.11 Å². The minimum Gasteiger partial charge on any atom is -0.508 e. The Morgan fingerprint density at radius 3 is 2.92 bits per heavy atom. The van der Waals surface area contributed by atoms with Crippen molar-refractivity contribution in [1.29, 1.82) is 0 Å². The Kier molecular flexibility index (Phi) is 1.76. The number of fused-ring (bicyclic) bond motifs is 1. The Balaban J connectivity index is 2.56. The van der Waals surface area contributed by atoms with Crippen LogP contribution < -0.4 is 4.74 Å². The third-order valence-corrected chi connectivity index (χ3v) is 2.18. The van der Waals surface area contributed by atoms with Crippen molar-refractivity contribution >= 4 is 6.08 Å². The van der Waals surface area contributed by atoms with E-state index < -0.39 is 0 Å². The zero-order chi connectivity index (χ0) is 9.42. The van der Waals surface area contributed by atoms with E-state index in [1.807, 2.05) is 26.0 Å². The molecule has 2 heteroatoms. The molecule has 0 bridgehead atoms. The molecule has 0 aromatic heterocycles. The Labute approximate surface area is 77.5 Å². The van der Waals surface area contributed by atoms with E-state index in [4.69, 9.17) is 4.74 Å². The van der Waals surface area contributed by atoms with E-state index in [1.54, 1.807) is 12.1 Å². The summed E-state index contributed by atoms with van der Waals surface area (Å²) in [5.74, 6) is 1.03. The summed E-state index contributed by atoms with van der Waals surface area (Å²) in [7, 11) is 0. The third kappa shape index (κ3) is 1.39. The first-order valence-corrected chi connectivity index (χ1v) is 4.35. The second-order valence-electron chi connectivity index (χ2n) is 3.36. The zero-order valence-electron chi connectivity index (χ0n) is 7.74. The summed E-state index contributed by atoms with van der Waals surface area (Å²) in [5, 5.41) is 9.35. The van der Waals surface area contributed by atoms with Gasteiger partial charge in [-0.25, -0.2) is 0 Å². The van der Waals surface area contributed by atoms with Gasteiger partial charge in [0.1, 0.15) is 17.6 Å². The molecule has 0 aliphatic carbocycles. The van der Waals surface area contributed by atoms with Crippen LogP contribution in [0.5, 0.6) is 11.5 Å². The van der Waals surface area contributed by atoms with Crippen LogP contribution in [0.3, 0.4) is 0 Å². The average Bonchev–Trinajstić information content (AvgIpc) is 2.02. The molecule has 1 N–H and O–H groups in total. The predicted octanol–water partition coefficient (Wildman–Crippen LogP) is 2.49. The fourth-order valence-electron chi connectivity index (χ4n) is 1.53. The van der Waals surface area contributed by atoms with Crippen LogP contribution in [0.15, 0.2) is 18.2 Å². The fraction of sp³-hybridized carbons (Fsp3) is 0.273. The van der Waals surface area contributed by atoms with Crippen molar-refractivity contribution in [3.63, 3.8) is 0 Å². The molecule has 1 aromatic carbocycles. The summed E-state index contributed by atoms with van der Waals surface area (Å²) in [6.45, 7) is 3.93. The van der Waals surface area contributed by atoms with Gasteiger partial charge in [-0.2, -0.15) is 0 Å². The molecule has 0 fully saturated rings. The van der Waals surface area contributed by atoms with Gasteiger partial charge in [0.15, 0.2) is 0 Å². The van der Waals surface area contributed by atoms with Gasteiger partial charge in [0, 0.05) is 11.6 Å². The molecule has 0 saturated heterocycles. The highest BCUT2D eigenvalue weighted by molar-refractivity contribution is 5.65. The molecular formula is C11H12O2. The summed E-state index contributed by atoms with van der Waals surface area (Å²) in [6.07, 6.45) is 4.14. The predicted molar refractivity (Wildman–Crippen MR) is 52.0 cm³/mol. The van der Waals surface area contributed by atoms with Gasteiger partial charge in [0.05, 0.1) is 0 Å². The summed E-state index contributed by atoms with van der Waals surface area (Å²) < 4.78 is 5.55. The minimum absolute atomic E-state index is 0.0914. The summed E-state index contributed by atoms with van der Waals surface area (Å²) in [5.41, 5.74) is 2.11. The van der Waals surface area contributed by atoms with Gasteiger partial charge in [0.25, 0.3) is 0 Å². The van der Waals surface area contributed by atoms with Gasteiger partial charge >= 0.3 is 0 Å². The molecule has 1 aliphatic rings. The first kappa shape index (κ1) is 8.17. The second-order valence-corrected chi connectivity index (χ2v) is 3.36. The maximum Gasteiger partial charge on any atom is 0.131 e. The van der Waals surface area contributed by atoms with Gasteiger partial charge in [-0.1, -0.05) is 6.08 Å². The van der Waals surface area contributed by atoms with E-state index in [0.717, 1.165) is 16.9 Å². The van der Waals surface area contributed by atoms with Crippen molar-refractivity contribution < 1.29 is 9.84 Å². The number of phenols is 1. The number of ether oxygens (including phenoxy) is 1. The van der Waals surface area contributed by atoms with Crippen molar-refractivity contribution in [1.82, 2.24) is 0 Å². The third-order valence-electron chi connectivity index (χ3n) is 2.18. The lowest BCUT2D eigenvalue weighted by atomic mass is 10.0. The molecule has 2 rings (SSSR count). The number of hydrogen-bond donors (Lipinski definition) is 1. The van der Waals surface area contributed by atoms with Gasteiger partial charge < -0.3 is 9.84 Å². The van der Waals surface area contributed by atoms with Crippen LogP contribution in [0, 0.1) is 6.92 Å². The Hall–Kier alpha value is -1.44. The summed E-state index contributed by atoms with van der Waals surface area (Å²) in [4.78, 5) is 0. The monoisotopic (exact) mass is 176 g/mol. The number of aromatic hydroxyl groups is 1. The average molecular weight is 176 g/mol. The molecule has 0 amide bonds. The number of aryl methyl sites for hydroxylation is 1. The van der Waals surface area contributed by atoms with Gasteiger partial charge in [-0.15, -0.1) is 0 Å². The van der Waals surface area contributed by atoms with Crippen LogP contribution in [0.1, 0.15) is 18.1 Å². The Morgan fingerprint density at radius 1 is 1.38 bits per heavy atom. The van der Waals surface area contributed by atoms with Gasteiger partial charge in [-0.3, -0.25) is 0 Å². The van der Waals surface area contributed by atoms with E-state index >= 15 is 0 Å². The van der Waals surface area contributed by atoms with E-state index in [0.29, 0.717) is 0 Å². The lowest BCUT2D eigenvalue weighted by Crippen LogP contribution is -2.12. The molecule has 1 heterocycles. The SMILES string of the molecule is Cc1cc(O)cc2c1C=CC(C)O2. The van der Waals surface area contributed by atoms with Crippen LogP contribution in [0.2, 0.25) is 0 Å². The highest BCUT2D eigenvalue weighted by Gasteiger charge is 2.13. The van der Waals surface area contributed by atoms with Crippen molar-refractivity contribution in [2.45, 2.75) is 20.0 Å². The lowest BCUT2D eigenvalue weighted by molar-refractivity contribution is 0.264. The maximum absolute atomic E-state index is 9.35. The number of rotatable bonds is 0.